The Bertz CT molecular complexity index is 1470. The fourth-order valence-electron chi connectivity index (χ4n) is 4.71. The van der Waals surface area contributed by atoms with E-state index in [1.54, 1.807) is 17.7 Å². The smallest absolute Gasteiger partial charge is 0.257 e. The monoisotopic (exact) mass is 511 g/mol. The SMILES string of the molecule is Cc1cc(-c2ncnn2C)c2cccc(OCc3c(Cl)cc(F)cc3[C@H](C)N3CCC(F)C3=O)c2n1. The van der Waals surface area contributed by atoms with Gasteiger partial charge < -0.3 is 9.64 Å². The fourth-order valence-corrected chi connectivity index (χ4v) is 4.98. The van der Waals surface area contributed by atoms with E-state index in [2.05, 4.69) is 10.1 Å². The summed E-state index contributed by atoms with van der Waals surface area (Å²) in [6.07, 6.45) is 0.0731. The number of amides is 1. The molecule has 0 N–H and O–H groups in total. The molecule has 0 saturated carbocycles. The molecule has 3 heterocycles. The molecule has 36 heavy (non-hydrogen) atoms. The molecule has 5 rings (SSSR count). The van der Waals surface area contributed by atoms with Gasteiger partial charge in [-0.1, -0.05) is 23.7 Å². The Balaban J connectivity index is 1.52. The summed E-state index contributed by atoms with van der Waals surface area (Å²) in [7, 11) is 1.82. The molecule has 10 heteroatoms. The summed E-state index contributed by atoms with van der Waals surface area (Å²) in [6, 6.07) is 9.49. The molecule has 7 nitrogen and oxygen atoms in total. The van der Waals surface area contributed by atoms with Crippen LogP contribution in [0.25, 0.3) is 22.3 Å². The highest BCUT2D eigenvalue weighted by atomic mass is 35.5. The van der Waals surface area contributed by atoms with Gasteiger partial charge in [0.25, 0.3) is 5.91 Å². The van der Waals surface area contributed by atoms with Crippen LogP contribution in [0.4, 0.5) is 8.78 Å². The number of halogens is 3. The van der Waals surface area contributed by atoms with Gasteiger partial charge in [-0.15, -0.1) is 0 Å². The highest BCUT2D eigenvalue weighted by molar-refractivity contribution is 6.31. The normalized spacial score (nSPS) is 16.7. The minimum atomic E-state index is -1.54. The van der Waals surface area contributed by atoms with Gasteiger partial charge in [0.1, 0.15) is 30.0 Å². The zero-order valence-corrected chi connectivity index (χ0v) is 20.8. The number of benzene rings is 2. The lowest BCUT2D eigenvalue weighted by Crippen LogP contribution is -2.31. The lowest BCUT2D eigenvalue weighted by Gasteiger charge is -2.27. The van der Waals surface area contributed by atoms with Crippen molar-refractivity contribution in [2.75, 3.05) is 6.54 Å². The summed E-state index contributed by atoms with van der Waals surface area (Å²) in [5, 5.41) is 5.18. The van der Waals surface area contributed by atoms with Crippen LogP contribution in [0, 0.1) is 12.7 Å². The minimum absolute atomic E-state index is 0.00784. The molecule has 186 valence electrons. The molecule has 0 bridgehead atoms. The number of para-hydroxylation sites is 1. The second-order valence-corrected chi connectivity index (χ2v) is 9.29. The van der Waals surface area contributed by atoms with E-state index in [0.29, 0.717) is 28.2 Å². The van der Waals surface area contributed by atoms with Crippen LogP contribution in [0.15, 0.2) is 42.7 Å². The summed E-state index contributed by atoms with van der Waals surface area (Å²) in [5.74, 6) is 0.0751. The Hall–Kier alpha value is -3.59. The Kier molecular flexibility index (Phi) is 6.34. The van der Waals surface area contributed by atoms with Crippen molar-refractivity contribution in [3.63, 3.8) is 0 Å². The third-order valence-electron chi connectivity index (χ3n) is 6.54. The first-order valence-corrected chi connectivity index (χ1v) is 11.9. The Labute approximate surface area is 211 Å². The minimum Gasteiger partial charge on any atom is -0.487 e. The predicted octanol–water partition coefficient (Wildman–Crippen LogP) is 5.34. The number of carbonyl (C=O) groups excluding carboxylic acids is 1. The van der Waals surface area contributed by atoms with Gasteiger partial charge in [-0.2, -0.15) is 5.10 Å². The molecule has 2 atom stereocenters. The maximum Gasteiger partial charge on any atom is 0.257 e. The predicted molar refractivity (Wildman–Crippen MR) is 132 cm³/mol. The number of carbonyl (C=O) groups is 1. The van der Waals surface area contributed by atoms with Crippen molar-refractivity contribution >= 4 is 28.4 Å². The summed E-state index contributed by atoms with van der Waals surface area (Å²) in [5.41, 5.74) is 3.29. The van der Waals surface area contributed by atoms with E-state index in [1.165, 1.54) is 23.4 Å². The van der Waals surface area contributed by atoms with Crippen molar-refractivity contribution in [2.45, 2.75) is 39.1 Å². The molecule has 2 aromatic carbocycles. The Morgan fingerprint density at radius 1 is 1.28 bits per heavy atom. The zero-order chi connectivity index (χ0) is 25.6. The Morgan fingerprint density at radius 3 is 2.78 bits per heavy atom. The van der Waals surface area contributed by atoms with Crippen molar-refractivity contribution < 1.29 is 18.3 Å². The fraction of sp³-hybridized carbons (Fsp3) is 0.308. The van der Waals surface area contributed by atoms with Crippen molar-refractivity contribution in [3.05, 3.63) is 70.4 Å². The third kappa shape index (κ3) is 4.28. The van der Waals surface area contributed by atoms with Gasteiger partial charge in [-0.25, -0.2) is 23.4 Å². The molecule has 0 spiro atoms. The number of hydrogen-bond donors (Lipinski definition) is 0. The quantitative estimate of drug-likeness (QED) is 0.349. The standard InChI is InChI=1S/C26H24ClF2N5O2/c1-14-9-19(25-30-13-31-33(25)3)17-5-4-6-23(24(17)32-14)36-12-20-18(10-16(28)11-21(20)27)15(2)34-8-7-22(29)26(34)35/h4-6,9-11,13,15,22H,7-8,12H2,1-3H3/t15-,22?/m0/s1. The van der Waals surface area contributed by atoms with E-state index >= 15 is 0 Å². The number of likely N-dealkylation sites (tertiary alicyclic amines) is 1. The van der Waals surface area contributed by atoms with E-state index in [9.17, 15) is 13.6 Å². The molecule has 1 unspecified atom stereocenters. The molecule has 1 aliphatic rings. The van der Waals surface area contributed by atoms with Gasteiger partial charge in [0.2, 0.25) is 0 Å². The summed E-state index contributed by atoms with van der Waals surface area (Å²) >= 11 is 6.44. The molecule has 1 aliphatic heterocycles. The number of alkyl halides is 1. The summed E-state index contributed by atoms with van der Waals surface area (Å²) < 4.78 is 36.1. The lowest BCUT2D eigenvalue weighted by molar-refractivity contribution is -0.133. The topological polar surface area (TPSA) is 73.1 Å². The van der Waals surface area contributed by atoms with E-state index in [-0.39, 0.29) is 24.6 Å². The van der Waals surface area contributed by atoms with Crippen LogP contribution in [0.2, 0.25) is 5.02 Å². The van der Waals surface area contributed by atoms with Gasteiger partial charge in [0, 0.05) is 42.2 Å². The van der Waals surface area contributed by atoms with E-state index in [4.69, 9.17) is 21.3 Å². The highest BCUT2D eigenvalue weighted by Gasteiger charge is 2.36. The summed E-state index contributed by atoms with van der Waals surface area (Å²) in [6.45, 7) is 3.89. The molecule has 2 aromatic heterocycles. The van der Waals surface area contributed by atoms with Crippen molar-refractivity contribution in [3.8, 4) is 17.1 Å². The highest BCUT2D eigenvalue weighted by Crippen LogP contribution is 2.36. The molecule has 0 aliphatic carbocycles. The first-order chi connectivity index (χ1) is 17.2. The largest absolute Gasteiger partial charge is 0.487 e. The zero-order valence-electron chi connectivity index (χ0n) is 20.0. The van der Waals surface area contributed by atoms with Crippen molar-refractivity contribution in [1.82, 2.24) is 24.6 Å². The number of hydrogen-bond acceptors (Lipinski definition) is 5. The number of fused-ring (bicyclic) bond motifs is 1. The average Bonchev–Trinajstić information content (AvgIpc) is 3.42. The molecule has 1 fully saturated rings. The molecule has 1 saturated heterocycles. The van der Waals surface area contributed by atoms with Crippen LogP contribution in [-0.2, 0) is 18.4 Å². The van der Waals surface area contributed by atoms with E-state index in [1.807, 2.05) is 32.2 Å². The number of pyridine rings is 1. The van der Waals surface area contributed by atoms with Crippen LogP contribution in [-0.4, -0.2) is 43.3 Å². The lowest BCUT2D eigenvalue weighted by atomic mass is 10.00. The van der Waals surface area contributed by atoms with Crippen LogP contribution >= 0.6 is 11.6 Å². The van der Waals surface area contributed by atoms with Gasteiger partial charge in [0.15, 0.2) is 12.0 Å². The number of aryl methyl sites for hydroxylation is 2. The van der Waals surface area contributed by atoms with Gasteiger partial charge in [-0.05, 0) is 43.7 Å². The second-order valence-electron chi connectivity index (χ2n) is 8.88. The van der Waals surface area contributed by atoms with Crippen molar-refractivity contribution in [2.24, 2.45) is 7.05 Å². The van der Waals surface area contributed by atoms with E-state index in [0.717, 1.165) is 16.6 Å². The second kappa shape index (κ2) is 9.46. The maximum atomic E-state index is 14.3. The van der Waals surface area contributed by atoms with Crippen LogP contribution in [0.3, 0.4) is 0 Å². The third-order valence-corrected chi connectivity index (χ3v) is 6.88. The molecular formula is C26H24ClF2N5O2. The van der Waals surface area contributed by atoms with Gasteiger partial charge in [-0.3, -0.25) is 4.79 Å². The molecular weight excluding hydrogens is 488 g/mol. The van der Waals surface area contributed by atoms with Crippen LogP contribution in [0.1, 0.15) is 36.2 Å². The van der Waals surface area contributed by atoms with Crippen molar-refractivity contribution in [1.29, 1.82) is 0 Å². The average molecular weight is 512 g/mol. The summed E-state index contributed by atoms with van der Waals surface area (Å²) in [4.78, 5) is 22.8. The van der Waals surface area contributed by atoms with E-state index < -0.39 is 23.9 Å². The number of rotatable bonds is 6. The number of nitrogens with zero attached hydrogens (tertiary/aromatic N) is 5. The van der Waals surface area contributed by atoms with Gasteiger partial charge in [0.05, 0.1) is 11.1 Å². The molecule has 4 aromatic rings. The first kappa shape index (κ1) is 24.1. The molecule has 0 radical (unpaired) electrons. The van der Waals surface area contributed by atoms with Gasteiger partial charge >= 0.3 is 0 Å². The van der Waals surface area contributed by atoms with Crippen LogP contribution < -0.4 is 4.74 Å². The van der Waals surface area contributed by atoms with Crippen LogP contribution in [0.5, 0.6) is 5.75 Å². The molecule has 1 amide bonds. The maximum absolute atomic E-state index is 14.3. The number of aromatic nitrogens is 4. The number of ether oxygens (including phenoxy) is 1. The Morgan fingerprint density at radius 2 is 2.08 bits per heavy atom. The first-order valence-electron chi connectivity index (χ1n) is 11.5.